The van der Waals surface area contributed by atoms with E-state index in [-0.39, 0.29) is 29.7 Å². The molecule has 0 aliphatic carbocycles. The fourth-order valence-corrected chi connectivity index (χ4v) is 3.85. The fourth-order valence-electron chi connectivity index (χ4n) is 3.85. The van der Waals surface area contributed by atoms with Crippen LogP contribution in [0, 0.1) is 25.6 Å². The molecule has 6 nitrogen and oxygen atoms in total. The maximum atomic E-state index is 13.3. The van der Waals surface area contributed by atoms with E-state index < -0.39 is 5.82 Å². The number of aromatic nitrogens is 2. The van der Waals surface area contributed by atoms with E-state index in [1.54, 1.807) is 4.68 Å². The molecule has 0 bridgehead atoms. The van der Waals surface area contributed by atoms with Crippen LogP contribution in [0.3, 0.4) is 0 Å². The van der Waals surface area contributed by atoms with Gasteiger partial charge in [-0.1, -0.05) is 52.3 Å². The molecule has 0 spiro atoms. The van der Waals surface area contributed by atoms with E-state index >= 15 is 0 Å². The highest BCUT2D eigenvalue weighted by Crippen LogP contribution is 2.28. The van der Waals surface area contributed by atoms with Crippen molar-refractivity contribution in [3.05, 3.63) is 76.7 Å². The number of nitrogens with zero attached hydrogens (tertiary/aromatic N) is 3. The predicted molar refractivity (Wildman–Crippen MR) is 138 cm³/mol. The Balaban J connectivity index is 1.90. The summed E-state index contributed by atoms with van der Waals surface area (Å²) in [6, 6.07) is 13.3. The molecule has 0 saturated heterocycles. The summed E-state index contributed by atoms with van der Waals surface area (Å²) in [7, 11) is 0. The molecule has 1 N–H and O–H groups in total. The second-order valence-electron chi connectivity index (χ2n) is 10.5. The Morgan fingerprint density at radius 2 is 1.71 bits per heavy atom. The van der Waals surface area contributed by atoms with Gasteiger partial charge in [0.25, 0.3) is 5.91 Å². The van der Waals surface area contributed by atoms with Crippen LogP contribution in [0.25, 0.3) is 5.69 Å². The third-order valence-corrected chi connectivity index (χ3v) is 5.62. The number of amides is 2. The van der Waals surface area contributed by atoms with Crippen LogP contribution < -0.4 is 5.32 Å². The maximum Gasteiger partial charge on any atom is 0.254 e. The highest BCUT2D eigenvalue weighted by atomic mass is 19.1. The van der Waals surface area contributed by atoms with Crippen LogP contribution in [-0.4, -0.2) is 39.6 Å². The highest BCUT2D eigenvalue weighted by Gasteiger charge is 2.24. The molecule has 0 atom stereocenters. The second-order valence-corrected chi connectivity index (χ2v) is 10.5. The molecular weight excluding hydrogens is 443 g/mol. The normalized spacial score (nSPS) is 11.6. The van der Waals surface area contributed by atoms with E-state index in [2.05, 4.69) is 32.2 Å². The highest BCUT2D eigenvalue weighted by molar-refractivity contribution is 5.99. The smallest absolute Gasteiger partial charge is 0.254 e. The Morgan fingerprint density at radius 1 is 1.06 bits per heavy atom. The standard InChI is InChI=1S/C28H35FN4O2/c1-18(2)16-32(27(35)21-9-11-22(29)12-10-21)17-26(34)30-25-15-24(28(5,6)7)31-33(25)23-13-8-19(3)14-20(23)4/h8-15,18H,16-17H2,1-7H3,(H,30,34). The van der Waals surface area contributed by atoms with Crippen LogP contribution in [0.5, 0.6) is 0 Å². The van der Waals surface area contributed by atoms with Gasteiger partial charge in [-0.05, 0) is 55.7 Å². The van der Waals surface area contributed by atoms with Crippen LogP contribution in [0.2, 0.25) is 0 Å². The lowest BCUT2D eigenvalue weighted by Crippen LogP contribution is -2.40. The minimum atomic E-state index is -0.413. The number of benzene rings is 2. The zero-order chi connectivity index (χ0) is 25.9. The maximum absolute atomic E-state index is 13.3. The first-order chi connectivity index (χ1) is 16.3. The van der Waals surface area contributed by atoms with Gasteiger partial charge in [0.05, 0.1) is 11.4 Å². The Labute approximate surface area is 207 Å². The van der Waals surface area contributed by atoms with Crippen molar-refractivity contribution in [1.29, 1.82) is 0 Å². The molecule has 186 valence electrons. The summed E-state index contributed by atoms with van der Waals surface area (Å²) in [6.45, 7) is 14.5. The fraction of sp³-hybridized carbons (Fsp3) is 0.393. The molecule has 35 heavy (non-hydrogen) atoms. The third-order valence-electron chi connectivity index (χ3n) is 5.62. The molecule has 0 radical (unpaired) electrons. The molecular formula is C28H35FN4O2. The summed E-state index contributed by atoms with van der Waals surface area (Å²) in [5, 5.41) is 7.77. The van der Waals surface area contributed by atoms with Crippen molar-refractivity contribution in [3.8, 4) is 5.69 Å². The zero-order valence-corrected chi connectivity index (χ0v) is 21.6. The van der Waals surface area contributed by atoms with Crippen LogP contribution in [0.15, 0.2) is 48.5 Å². The molecule has 0 saturated carbocycles. The van der Waals surface area contributed by atoms with Crippen molar-refractivity contribution in [2.24, 2.45) is 5.92 Å². The first kappa shape index (κ1) is 26.1. The van der Waals surface area contributed by atoms with Gasteiger partial charge in [-0.15, -0.1) is 0 Å². The van der Waals surface area contributed by atoms with Gasteiger partial charge in [-0.3, -0.25) is 9.59 Å². The molecule has 7 heteroatoms. The largest absolute Gasteiger partial charge is 0.329 e. The predicted octanol–water partition coefficient (Wildman–Crippen LogP) is 5.66. The molecule has 3 aromatic rings. The zero-order valence-electron chi connectivity index (χ0n) is 21.6. The second kappa shape index (κ2) is 10.4. The first-order valence-electron chi connectivity index (χ1n) is 11.9. The number of hydrogen-bond donors (Lipinski definition) is 1. The lowest BCUT2D eigenvalue weighted by molar-refractivity contribution is -0.117. The van der Waals surface area contributed by atoms with Crippen LogP contribution in [0.1, 0.15) is 61.8 Å². The molecule has 3 rings (SSSR count). The number of aryl methyl sites for hydroxylation is 2. The third kappa shape index (κ3) is 6.56. The van der Waals surface area contributed by atoms with E-state index in [4.69, 9.17) is 5.10 Å². The van der Waals surface area contributed by atoms with E-state index in [1.807, 2.05) is 45.9 Å². The van der Waals surface area contributed by atoms with Gasteiger partial charge in [0.15, 0.2) is 0 Å². The van der Waals surface area contributed by atoms with Crippen molar-refractivity contribution < 1.29 is 14.0 Å². The molecule has 1 aromatic heterocycles. The minimum Gasteiger partial charge on any atom is -0.329 e. The lowest BCUT2D eigenvalue weighted by Gasteiger charge is -2.24. The van der Waals surface area contributed by atoms with Crippen molar-refractivity contribution in [3.63, 3.8) is 0 Å². The van der Waals surface area contributed by atoms with Gasteiger partial charge in [0, 0.05) is 23.6 Å². The number of hydrogen-bond acceptors (Lipinski definition) is 3. The van der Waals surface area contributed by atoms with Gasteiger partial charge in [-0.2, -0.15) is 5.10 Å². The van der Waals surface area contributed by atoms with Crippen molar-refractivity contribution >= 4 is 17.6 Å². The Kier molecular flexibility index (Phi) is 7.78. The Bertz CT molecular complexity index is 1210. The summed E-state index contributed by atoms with van der Waals surface area (Å²) in [5.41, 5.74) is 4.03. The van der Waals surface area contributed by atoms with E-state index in [9.17, 15) is 14.0 Å². The number of anilines is 1. The molecule has 2 amide bonds. The molecule has 0 aliphatic heterocycles. The SMILES string of the molecule is Cc1ccc(-n2nc(C(C)(C)C)cc2NC(=O)CN(CC(C)C)C(=O)c2ccc(F)cc2)c(C)c1. The topological polar surface area (TPSA) is 67.2 Å². The van der Waals surface area contributed by atoms with E-state index in [0.717, 1.165) is 22.5 Å². The summed E-state index contributed by atoms with van der Waals surface area (Å²) < 4.78 is 15.1. The van der Waals surface area contributed by atoms with E-state index in [0.29, 0.717) is 17.9 Å². The van der Waals surface area contributed by atoms with Crippen molar-refractivity contribution in [2.45, 2.75) is 53.9 Å². The first-order valence-corrected chi connectivity index (χ1v) is 11.9. The average molecular weight is 479 g/mol. The van der Waals surface area contributed by atoms with Gasteiger partial charge >= 0.3 is 0 Å². The molecule has 1 heterocycles. The van der Waals surface area contributed by atoms with Crippen LogP contribution in [-0.2, 0) is 10.2 Å². The monoisotopic (exact) mass is 478 g/mol. The number of rotatable bonds is 7. The van der Waals surface area contributed by atoms with Crippen molar-refractivity contribution in [1.82, 2.24) is 14.7 Å². The quantitative estimate of drug-likeness (QED) is 0.476. The Hall–Kier alpha value is -3.48. The van der Waals surface area contributed by atoms with Crippen LogP contribution in [0.4, 0.5) is 10.2 Å². The minimum absolute atomic E-state index is 0.128. The summed E-state index contributed by atoms with van der Waals surface area (Å²) >= 11 is 0. The molecule has 0 fully saturated rings. The summed E-state index contributed by atoms with van der Waals surface area (Å²) in [5.74, 6) is -0.352. The molecule has 2 aromatic carbocycles. The number of carbonyl (C=O) groups is 2. The number of halogens is 1. The molecule has 0 aliphatic rings. The van der Waals surface area contributed by atoms with Gasteiger partial charge in [0.1, 0.15) is 18.2 Å². The average Bonchev–Trinajstić information content (AvgIpc) is 3.17. The van der Waals surface area contributed by atoms with Gasteiger partial charge in [0.2, 0.25) is 5.91 Å². The van der Waals surface area contributed by atoms with Crippen molar-refractivity contribution in [2.75, 3.05) is 18.4 Å². The van der Waals surface area contributed by atoms with Gasteiger partial charge in [-0.25, -0.2) is 9.07 Å². The Morgan fingerprint density at radius 3 is 2.29 bits per heavy atom. The van der Waals surface area contributed by atoms with E-state index in [1.165, 1.54) is 29.2 Å². The summed E-state index contributed by atoms with van der Waals surface area (Å²) in [4.78, 5) is 27.8. The van der Waals surface area contributed by atoms with Gasteiger partial charge < -0.3 is 10.2 Å². The number of carbonyl (C=O) groups excluding carboxylic acids is 2. The lowest BCUT2D eigenvalue weighted by atomic mass is 9.92. The van der Waals surface area contributed by atoms with Crippen LogP contribution >= 0.6 is 0 Å². The molecule has 0 unspecified atom stereocenters. The number of nitrogens with one attached hydrogen (secondary N) is 1. The summed E-state index contributed by atoms with van der Waals surface area (Å²) in [6.07, 6.45) is 0.